The molecule has 1 aromatic carbocycles. The van der Waals surface area contributed by atoms with Crippen LogP contribution in [0.4, 0.5) is 5.69 Å². The molecule has 1 aliphatic carbocycles. The highest BCUT2D eigenvalue weighted by molar-refractivity contribution is 6.00. The summed E-state index contributed by atoms with van der Waals surface area (Å²) in [5, 5.41) is 13.2. The van der Waals surface area contributed by atoms with Gasteiger partial charge in [0, 0.05) is 42.2 Å². The van der Waals surface area contributed by atoms with Gasteiger partial charge in [-0.3, -0.25) is 4.79 Å². The number of hydrogen-bond donors (Lipinski definition) is 1. The highest BCUT2D eigenvalue weighted by atomic mass is 16.5. The lowest BCUT2D eigenvalue weighted by Crippen LogP contribution is -2.38. The minimum atomic E-state index is -0.275. The van der Waals surface area contributed by atoms with E-state index in [-0.39, 0.29) is 11.7 Å². The molecule has 1 unspecified atom stereocenters. The van der Waals surface area contributed by atoms with Gasteiger partial charge in [-0.1, -0.05) is 18.2 Å². The van der Waals surface area contributed by atoms with Crippen molar-refractivity contribution < 1.29 is 9.53 Å². The van der Waals surface area contributed by atoms with Gasteiger partial charge >= 0.3 is 0 Å². The first kappa shape index (κ1) is 16.9. The van der Waals surface area contributed by atoms with Gasteiger partial charge in [-0.05, 0) is 31.4 Å². The number of anilines is 1. The average Bonchev–Trinajstić information content (AvgIpc) is 2.68. The lowest BCUT2D eigenvalue weighted by Gasteiger charge is -2.36. The normalized spacial score (nSPS) is 23.5. The molecule has 0 amide bonds. The van der Waals surface area contributed by atoms with E-state index in [2.05, 4.69) is 28.4 Å². The third kappa shape index (κ3) is 2.81. The van der Waals surface area contributed by atoms with Crippen molar-refractivity contribution in [1.82, 2.24) is 5.32 Å². The van der Waals surface area contributed by atoms with E-state index >= 15 is 0 Å². The molecule has 1 saturated heterocycles. The second kappa shape index (κ2) is 6.97. The van der Waals surface area contributed by atoms with Crippen molar-refractivity contribution in [2.45, 2.75) is 32.1 Å². The zero-order chi connectivity index (χ0) is 18.1. The van der Waals surface area contributed by atoms with Crippen LogP contribution in [-0.2, 0) is 9.53 Å². The number of para-hydroxylation sites is 1. The van der Waals surface area contributed by atoms with Crippen molar-refractivity contribution in [2.75, 3.05) is 31.2 Å². The van der Waals surface area contributed by atoms with Gasteiger partial charge in [0.05, 0.1) is 30.8 Å². The Balaban J connectivity index is 1.86. The summed E-state index contributed by atoms with van der Waals surface area (Å²) in [5.74, 6) is -0.108. The fourth-order valence-electron chi connectivity index (χ4n) is 4.27. The number of hydrogen-bond acceptors (Lipinski definition) is 5. The number of ether oxygens (including phenoxy) is 1. The van der Waals surface area contributed by atoms with Gasteiger partial charge in [0.25, 0.3) is 0 Å². The molecule has 26 heavy (non-hydrogen) atoms. The number of ketones is 1. The van der Waals surface area contributed by atoms with Crippen LogP contribution < -0.4 is 10.2 Å². The number of Topliss-reactive ketones (excluding diaryl/α,β-unsaturated/α-hetero) is 1. The average molecular weight is 349 g/mol. The molecule has 0 spiro atoms. The highest BCUT2D eigenvalue weighted by Gasteiger charge is 2.37. The summed E-state index contributed by atoms with van der Waals surface area (Å²) in [5.41, 5.74) is 5.46. The predicted octanol–water partition coefficient (Wildman–Crippen LogP) is 3.01. The third-order valence-electron chi connectivity index (χ3n) is 5.50. The number of rotatable bonds is 2. The van der Waals surface area contributed by atoms with Crippen LogP contribution in [0.1, 0.15) is 37.7 Å². The van der Waals surface area contributed by atoms with Gasteiger partial charge in [-0.15, -0.1) is 0 Å². The molecule has 0 radical (unpaired) electrons. The minimum absolute atomic E-state index is 0.167. The van der Waals surface area contributed by atoms with Gasteiger partial charge < -0.3 is 15.0 Å². The summed E-state index contributed by atoms with van der Waals surface area (Å²) in [6, 6.07) is 10.6. The lowest BCUT2D eigenvalue weighted by molar-refractivity contribution is -0.116. The van der Waals surface area contributed by atoms with Crippen molar-refractivity contribution in [3.63, 3.8) is 0 Å². The highest BCUT2D eigenvalue weighted by Crippen LogP contribution is 2.44. The maximum Gasteiger partial charge on any atom is 0.161 e. The number of allylic oxidation sites excluding steroid dienone is 4. The molecule has 1 aromatic rings. The van der Waals surface area contributed by atoms with Gasteiger partial charge in [0.15, 0.2) is 5.78 Å². The molecule has 5 nitrogen and oxygen atoms in total. The molecular weight excluding hydrogens is 326 g/mol. The SMILES string of the molecule is CC1=C(C#N)C(c2ccccc2N2CCOCC2)C2=C(CCCC2=O)N1. The lowest BCUT2D eigenvalue weighted by atomic mass is 9.75. The molecule has 1 N–H and O–H groups in total. The van der Waals surface area contributed by atoms with Crippen LogP contribution in [0.5, 0.6) is 0 Å². The van der Waals surface area contributed by atoms with Crippen LogP contribution in [0.15, 0.2) is 46.8 Å². The number of nitrogens with zero attached hydrogens (tertiary/aromatic N) is 2. The summed E-state index contributed by atoms with van der Waals surface area (Å²) >= 11 is 0. The van der Waals surface area contributed by atoms with Crippen LogP contribution in [0.2, 0.25) is 0 Å². The Kier molecular flexibility index (Phi) is 4.52. The minimum Gasteiger partial charge on any atom is -0.378 e. The number of dihydropyridines is 1. The summed E-state index contributed by atoms with van der Waals surface area (Å²) in [7, 11) is 0. The van der Waals surface area contributed by atoms with Crippen LogP contribution in [0.25, 0.3) is 0 Å². The van der Waals surface area contributed by atoms with E-state index in [0.29, 0.717) is 25.2 Å². The summed E-state index contributed by atoms with van der Waals surface area (Å²) < 4.78 is 5.49. The van der Waals surface area contributed by atoms with Crippen molar-refractivity contribution in [1.29, 1.82) is 5.26 Å². The molecule has 5 heteroatoms. The summed E-state index contributed by atoms with van der Waals surface area (Å²) in [6.07, 6.45) is 2.31. The first-order valence-corrected chi connectivity index (χ1v) is 9.26. The van der Waals surface area contributed by atoms with Crippen molar-refractivity contribution >= 4 is 11.5 Å². The molecule has 134 valence electrons. The molecule has 4 rings (SSSR count). The van der Waals surface area contributed by atoms with E-state index in [1.165, 1.54) is 0 Å². The topological polar surface area (TPSA) is 65.4 Å². The summed E-state index contributed by atoms with van der Waals surface area (Å²) in [6.45, 7) is 4.99. The van der Waals surface area contributed by atoms with E-state index in [4.69, 9.17) is 4.74 Å². The number of carbonyl (C=O) groups excluding carboxylic acids is 1. The fourth-order valence-corrected chi connectivity index (χ4v) is 4.27. The van der Waals surface area contributed by atoms with Crippen LogP contribution in [0, 0.1) is 11.3 Å². The van der Waals surface area contributed by atoms with Crippen molar-refractivity contribution in [2.24, 2.45) is 0 Å². The second-order valence-corrected chi connectivity index (χ2v) is 7.04. The number of nitriles is 1. The maximum atomic E-state index is 12.8. The smallest absolute Gasteiger partial charge is 0.161 e. The Morgan fingerprint density at radius 3 is 2.77 bits per heavy atom. The van der Waals surface area contributed by atoms with Crippen molar-refractivity contribution in [3.8, 4) is 6.07 Å². The predicted molar refractivity (Wildman–Crippen MR) is 99.5 cm³/mol. The maximum absolute atomic E-state index is 12.8. The molecule has 1 atom stereocenters. The Morgan fingerprint density at radius 1 is 1.23 bits per heavy atom. The Hall–Kier alpha value is -2.58. The van der Waals surface area contributed by atoms with E-state index in [0.717, 1.165) is 54.1 Å². The number of nitrogens with one attached hydrogen (secondary N) is 1. The van der Waals surface area contributed by atoms with Crippen LogP contribution in [0.3, 0.4) is 0 Å². The van der Waals surface area contributed by atoms with Crippen molar-refractivity contribution in [3.05, 3.63) is 52.4 Å². The number of benzene rings is 1. The van der Waals surface area contributed by atoms with E-state index in [1.807, 2.05) is 19.1 Å². The zero-order valence-electron chi connectivity index (χ0n) is 15.0. The number of carbonyl (C=O) groups is 1. The van der Waals surface area contributed by atoms with Gasteiger partial charge in [-0.2, -0.15) is 5.26 Å². The number of morpholine rings is 1. The molecule has 0 saturated carbocycles. The largest absolute Gasteiger partial charge is 0.378 e. The fraction of sp³-hybridized carbons (Fsp3) is 0.429. The Labute approximate surface area is 153 Å². The zero-order valence-corrected chi connectivity index (χ0v) is 15.0. The molecule has 2 heterocycles. The van der Waals surface area contributed by atoms with Gasteiger partial charge in [-0.25, -0.2) is 0 Å². The quantitative estimate of drug-likeness (QED) is 0.889. The second-order valence-electron chi connectivity index (χ2n) is 7.04. The summed E-state index contributed by atoms with van der Waals surface area (Å²) in [4.78, 5) is 15.1. The molecule has 1 fully saturated rings. The third-order valence-corrected chi connectivity index (χ3v) is 5.50. The molecule has 2 aliphatic heterocycles. The standard InChI is InChI=1S/C21H23N3O2/c1-14-16(13-22)20(21-17(23-14)6-4-8-19(21)25)15-5-2-3-7-18(15)24-9-11-26-12-10-24/h2-3,5,7,20,23H,4,6,8-12H2,1H3. The molecule has 0 bridgehead atoms. The van der Waals surface area contributed by atoms with Crippen LogP contribution >= 0.6 is 0 Å². The Bertz CT molecular complexity index is 841. The van der Waals surface area contributed by atoms with E-state index < -0.39 is 0 Å². The first-order valence-electron chi connectivity index (χ1n) is 9.26. The first-order chi connectivity index (χ1) is 12.7. The molecular formula is C21H23N3O2. The molecule has 0 aromatic heterocycles. The Morgan fingerprint density at radius 2 is 2.00 bits per heavy atom. The van der Waals surface area contributed by atoms with Gasteiger partial charge in [0.2, 0.25) is 0 Å². The van der Waals surface area contributed by atoms with Gasteiger partial charge in [0.1, 0.15) is 0 Å². The molecule has 3 aliphatic rings. The monoisotopic (exact) mass is 349 g/mol. The van der Waals surface area contributed by atoms with E-state index in [9.17, 15) is 10.1 Å². The van der Waals surface area contributed by atoms with Crippen LogP contribution in [-0.4, -0.2) is 32.1 Å². The van der Waals surface area contributed by atoms with E-state index in [1.54, 1.807) is 0 Å².